The molecule has 0 amide bonds. The fourth-order valence-corrected chi connectivity index (χ4v) is 2.88. The normalized spacial score (nSPS) is 10.6. The highest BCUT2D eigenvalue weighted by atomic mass is 35.5. The van der Waals surface area contributed by atoms with E-state index >= 15 is 0 Å². The van der Waals surface area contributed by atoms with Crippen LogP contribution in [0, 0.1) is 6.92 Å². The summed E-state index contributed by atoms with van der Waals surface area (Å²) in [5.41, 5.74) is 4.26. The molecule has 3 rings (SSSR count). The van der Waals surface area contributed by atoms with Crippen LogP contribution in [0.4, 0.5) is 0 Å². The lowest BCUT2D eigenvalue weighted by molar-refractivity contribution is 0.284. The van der Waals surface area contributed by atoms with E-state index in [1.54, 1.807) is 13.3 Å². The molecule has 0 aliphatic heterocycles. The van der Waals surface area contributed by atoms with Crippen LogP contribution < -0.4 is 14.8 Å². The van der Waals surface area contributed by atoms with Gasteiger partial charge in [0.1, 0.15) is 6.61 Å². The molecule has 1 N–H and O–H groups in total. The first-order valence-electron chi connectivity index (χ1n) is 8.81. The average Bonchev–Trinajstić information content (AvgIpc) is 2.69. The number of pyridine rings is 1. The molecule has 27 heavy (non-hydrogen) atoms. The third-order valence-electron chi connectivity index (χ3n) is 4.20. The van der Waals surface area contributed by atoms with Crippen LogP contribution in [0.5, 0.6) is 11.5 Å². The van der Waals surface area contributed by atoms with E-state index in [2.05, 4.69) is 41.5 Å². The Morgan fingerprint density at radius 1 is 1.00 bits per heavy atom. The molecule has 5 heteroatoms. The zero-order valence-corrected chi connectivity index (χ0v) is 16.3. The molecule has 0 aliphatic carbocycles. The smallest absolute Gasteiger partial charge is 0.163 e. The van der Waals surface area contributed by atoms with E-state index in [4.69, 9.17) is 21.1 Å². The fraction of sp³-hybridized carbons (Fsp3) is 0.227. The van der Waals surface area contributed by atoms with E-state index in [1.807, 2.05) is 30.3 Å². The molecule has 0 spiro atoms. The lowest BCUT2D eigenvalue weighted by Crippen LogP contribution is -2.14. The Kier molecular flexibility index (Phi) is 6.69. The highest BCUT2D eigenvalue weighted by Crippen LogP contribution is 2.34. The van der Waals surface area contributed by atoms with Gasteiger partial charge in [0.2, 0.25) is 0 Å². The third kappa shape index (κ3) is 5.46. The first-order valence-corrected chi connectivity index (χ1v) is 9.19. The number of hydrogen-bond acceptors (Lipinski definition) is 4. The first kappa shape index (κ1) is 19.2. The Balaban J connectivity index is 1.64. The van der Waals surface area contributed by atoms with Gasteiger partial charge >= 0.3 is 0 Å². The fourth-order valence-electron chi connectivity index (χ4n) is 2.66. The molecule has 0 aliphatic rings. The van der Waals surface area contributed by atoms with Crippen LogP contribution in [-0.2, 0) is 19.7 Å². The molecule has 3 aromatic rings. The maximum atomic E-state index is 6.45. The number of benzene rings is 2. The highest BCUT2D eigenvalue weighted by molar-refractivity contribution is 6.31. The molecule has 2 aromatic carbocycles. The Morgan fingerprint density at radius 2 is 1.81 bits per heavy atom. The van der Waals surface area contributed by atoms with Crippen molar-refractivity contribution in [3.63, 3.8) is 0 Å². The number of nitrogens with zero attached hydrogens (tertiary/aromatic N) is 1. The molecule has 140 valence electrons. The van der Waals surface area contributed by atoms with Gasteiger partial charge in [0.25, 0.3) is 0 Å². The number of methoxy groups -OCH3 is 1. The van der Waals surface area contributed by atoms with E-state index < -0.39 is 0 Å². The standard InChI is InChI=1S/C22H23ClN2O2/c1-16-6-8-17(9-7-16)15-27-22-12-20(23)18(11-21(22)26-2)13-24-14-19-5-3-4-10-25-19/h3-12,24H,13-15H2,1-2H3. The maximum absolute atomic E-state index is 6.45. The minimum atomic E-state index is 0.463. The van der Waals surface area contributed by atoms with Gasteiger partial charge in [0, 0.05) is 30.4 Å². The Hall–Kier alpha value is -2.56. The second-order valence-electron chi connectivity index (χ2n) is 6.29. The van der Waals surface area contributed by atoms with Crippen molar-refractivity contribution in [2.45, 2.75) is 26.6 Å². The molecule has 0 saturated heterocycles. The molecular weight excluding hydrogens is 360 g/mol. The molecule has 0 atom stereocenters. The predicted molar refractivity (Wildman–Crippen MR) is 108 cm³/mol. The summed E-state index contributed by atoms with van der Waals surface area (Å²) in [7, 11) is 1.63. The van der Waals surface area contributed by atoms with E-state index in [0.717, 1.165) is 16.8 Å². The maximum Gasteiger partial charge on any atom is 0.163 e. The molecule has 0 fully saturated rings. The molecule has 4 nitrogen and oxygen atoms in total. The van der Waals surface area contributed by atoms with Gasteiger partial charge in [-0.25, -0.2) is 0 Å². The summed E-state index contributed by atoms with van der Waals surface area (Å²) in [5.74, 6) is 1.30. The van der Waals surface area contributed by atoms with Crippen LogP contribution in [0.3, 0.4) is 0 Å². The van der Waals surface area contributed by atoms with Crippen LogP contribution in [0.15, 0.2) is 60.8 Å². The first-order chi connectivity index (χ1) is 13.2. The Morgan fingerprint density at radius 3 is 2.52 bits per heavy atom. The van der Waals surface area contributed by atoms with Gasteiger partial charge in [-0.3, -0.25) is 4.98 Å². The second-order valence-corrected chi connectivity index (χ2v) is 6.70. The van der Waals surface area contributed by atoms with Gasteiger partial charge in [-0.05, 0) is 36.2 Å². The summed E-state index contributed by atoms with van der Waals surface area (Å²) in [6.45, 7) is 3.81. The summed E-state index contributed by atoms with van der Waals surface area (Å²) in [6.07, 6.45) is 1.78. The lowest BCUT2D eigenvalue weighted by atomic mass is 10.1. The number of halogens is 1. The quantitative estimate of drug-likeness (QED) is 0.600. The topological polar surface area (TPSA) is 43.4 Å². The molecule has 0 radical (unpaired) electrons. The monoisotopic (exact) mass is 382 g/mol. The average molecular weight is 383 g/mol. The van der Waals surface area contributed by atoms with E-state index in [1.165, 1.54) is 5.56 Å². The summed E-state index contributed by atoms with van der Waals surface area (Å²) >= 11 is 6.45. The van der Waals surface area contributed by atoms with Crippen molar-refractivity contribution in [2.75, 3.05) is 7.11 Å². The second kappa shape index (κ2) is 9.40. The van der Waals surface area contributed by atoms with Crippen LogP contribution in [0.1, 0.15) is 22.4 Å². The number of hydrogen-bond donors (Lipinski definition) is 1. The molecule has 1 heterocycles. The number of aryl methyl sites for hydroxylation is 1. The van der Waals surface area contributed by atoms with Gasteiger partial charge in [-0.2, -0.15) is 0 Å². The van der Waals surface area contributed by atoms with Crippen LogP contribution >= 0.6 is 11.6 Å². The van der Waals surface area contributed by atoms with Gasteiger partial charge in [-0.1, -0.05) is 47.5 Å². The number of rotatable bonds is 8. The van der Waals surface area contributed by atoms with Crippen LogP contribution in [-0.4, -0.2) is 12.1 Å². The minimum Gasteiger partial charge on any atom is -0.493 e. The largest absolute Gasteiger partial charge is 0.493 e. The van der Waals surface area contributed by atoms with Gasteiger partial charge in [0.15, 0.2) is 11.5 Å². The van der Waals surface area contributed by atoms with Crippen molar-refractivity contribution < 1.29 is 9.47 Å². The highest BCUT2D eigenvalue weighted by Gasteiger charge is 2.11. The van der Waals surface area contributed by atoms with E-state index in [9.17, 15) is 0 Å². The van der Waals surface area contributed by atoms with Crippen molar-refractivity contribution in [1.82, 2.24) is 10.3 Å². The van der Waals surface area contributed by atoms with Crippen LogP contribution in [0.25, 0.3) is 0 Å². The molecule has 0 saturated carbocycles. The number of aromatic nitrogens is 1. The SMILES string of the molecule is COc1cc(CNCc2ccccn2)c(Cl)cc1OCc1ccc(C)cc1. The van der Waals surface area contributed by atoms with Crippen molar-refractivity contribution in [1.29, 1.82) is 0 Å². The van der Waals surface area contributed by atoms with Gasteiger partial charge < -0.3 is 14.8 Å². The lowest BCUT2D eigenvalue weighted by Gasteiger charge is -2.14. The minimum absolute atomic E-state index is 0.463. The van der Waals surface area contributed by atoms with Crippen molar-refractivity contribution >= 4 is 11.6 Å². The zero-order valence-electron chi connectivity index (χ0n) is 15.5. The van der Waals surface area contributed by atoms with Crippen molar-refractivity contribution in [3.8, 4) is 11.5 Å². The Labute approximate surface area is 165 Å². The summed E-state index contributed by atoms with van der Waals surface area (Å²) in [4.78, 5) is 4.30. The van der Waals surface area contributed by atoms with Gasteiger partial charge in [0.05, 0.1) is 12.8 Å². The molecular formula is C22H23ClN2O2. The van der Waals surface area contributed by atoms with E-state index in [-0.39, 0.29) is 0 Å². The predicted octanol–water partition coefficient (Wildman–Crippen LogP) is 4.92. The summed E-state index contributed by atoms with van der Waals surface area (Å²) in [5, 5.41) is 3.99. The number of nitrogens with one attached hydrogen (secondary N) is 1. The van der Waals surface area contributed by atoms with Crippen molar-refractivity contribution in [3.05, 3.63) is 88.2 Å². The summed E-state index contributed by atoms with van der Waals surface area (Å²) in [6, 6.07) is 17.8. The molecule has 1 aromatic heterocycles. The Bertz CT molecular complexity index is 867. The van der Waals surface area contributed by atoms with Crippen LogP contribution in [0.2, 0.25) is 5.02 Å². The molecule has 0 bridgehead atoms. The third-order valence-corrected chi connectivity index (χ3v) is 4.55. The summed E-state index contributed by atoms with van der Waals surface area (Å²) < 4.78 is 11.4. The van der Waals surface area contributed by atoms with E-state index in [0.29, 0.717) is 36.2 Å². The van der Waals surface area contributed by atoms with Crippen molar-refractivity contribution in [2.24, 2.45) is 0 Å². The molecule has 0 unspecified atom stereocenters. The zero-order chi connectivity index (χ0) is 19.1. The van der Waals surface area contributed by atoms with Gasteiger partial charge in [-0.15, -0.1) is 0 Å². The number of ether oxygens (including phenoxy) is 2.